The van der Waals surface area contributed by atoms with E-state index in [1.54, 1.807) is 0 Å². The molecule has 1 N–H and O–H groups in total. The van der Waals surface area contributed by atoms with Crippen LogP contribution in [0, 0.1) is 0 Å². The van der Waals surface area contributed by atoms with Gasteiger partial charge >= 0.3 is 5.97 Å². The Morgan fingerprint density at radius 1 is 1.04 bits per heavy atom. The molecular formula is C19H20O4. The predicted octanol–water partition coefficient (Wildman–Crippen LogP) is 3.23. The molecule has 2 atom stereocenters. The third-order valence-corrected chi connectivity index (χ3v) is 3.27. The van der Waals surface area contributed by atoms with E-state index in [0.717, 1.165) is 17.2 Å². The lowest BCUT2D eigenvalue weighted by Gasteiger charge is -2.26. The van der Waals surface area contributed by atoms with Gasteiger partial charge < -0.3 is 14.6 Å². The molecule has 4 nitrogen and oxygen atoms in total. The Kier molecular flexibility index (Phi) is 6.09. The van der Waals surface area contributed by atoms with Crippen LogP contribution in [0.5, 0.6) is 0 Å². The van der Waals surface area contributed by atoms with Crippen LogP contribution in [0.1, 0.15) is 24.2 Å². The van der Waals surface area contributed by atoms with Gasteiger partial charge in [-0.25, -0.2) is 4.79 Å². The van der Waals surface area contributed by atoms with Crippen LogP contribution in [0.25, 0.3) is 0 Å². The van der Waals surface area contributed by atoms with Crippen molar-refractivity contribution in [2.24, 2.45) is 0 Å². The molecule has 0 amide bonds. The summed E-state index contributed by atoms with van der Waals surface area (Å²) in [6.07, 6.45) is -1.49. The molecule has 2 aromatic carbocycles. The van der Waals surface area contributed by atoms with Gasteiger partial charge in [-0.15, -0.1) is 0 Å². The first-order valence-corrected chi connectivity index (χ1v) is 7.38. The molecule has 0 aliphatic carbocycles. The van der Waals surface area contributed by atoms with Gasteiger partial charge in [-0.3, -0.25) is 0 Å². The molecule has 0 fully saturated rings. The maximum absolute atomic E-state index is 11.4. The Hall–Kier alpha value is -2.43. The van der Waals surface area contributed by atoms with Gasteiger partial charge in [0.1, 0.15) is 12.2 Å². The molecule has 0 bridgehead atoms. The summed E-state index contributed by atoms with van der Waals surface area (Å²) >= 11 is 0. The highest BCUT2D eigenvalue weighted by molar-refractivity contribution is 5.81. The molecule has 0 aromatic heterocycles. The average Bonchev–Trinajstić information content (AvgIpc) is 2.59. The monoisotopic (exact) mass is 312 g/mol. The SMILES string of the molecule is C=CC(=O)OC(OC(c1ccccc1)c1ccccc1)C(C)O. The zero-order valence-corrected chi connectivity index (χ0v) is 13.0. The Morgan fingerprint density at radius 2 is 1.52 bits per heavy atom. The van der Waals surface area contributed by atoms with E-state index in [1.807, 2.05) is 60.7 Å². The van der Waals surface area contributed by atoms with Crippen LogP contribution in [0.3, 0.4) is 0 Å². The van der Waals surface area contributed by atoms with Gasteiger partial charge in [0, 0.05) is 6.08 Å². The number of carbonyl (C=O) groups is 1. The topological polar surface area (TPSA) is 55.8 Å². The van der Waals surface area contributed by atoms with Crippen LogP contribution < -0.4 is 0 Å². The minimum Gasteiger partial charge on any atom is -0.430 e. The summed E-state index contributed by atoms with van der Waals surface area (Å²) in [4.78, 5) is 11.4. The predicted molar refractivity (Wildman–Crippen MR) is 87.6 cm³/mol. The maximum Gasteiger partial charge on any atom is 0.332 e. The van der Waals surface area contributed by atoms with Crippen LogP contribution in [0.2, 0.25) is 0 Å². The Labute approximate surface area is 136 Å². The highest BCUT2D eigenvalue weighted by Gasteiger charge is 2.26. The molecule has 0 spiro atoms. The van der Waals surface area contributed by atoms with E-state index in [-0.39, 0.29) is 0 Å². The van der Waals surface area contributed by atoms with E-state index in [0.29, 0.717) is 0 Å². The van der Waals surface area contributed by atoms with Gasteiger partial charge in [-0.1, -0.05) is 67.2 Å². The van der Waals surface area contributed by atoms with Crippen molar-refractivity contribution in [2.75, 3.05) is 0 Å². The Bertz CT molecular complexity index is 583. The van der Waals surface area contributed by atoms with Crippen molar-refractivity contribution in [1.29, 1.82) is 0 Å². The number of hydrogen-bond acceptors (Lipinski definition) is 4. The van der Waals surface area contributed by atoms with Crippen LogP contribution >= 0.6 is 0 Å². The van der Waals surface area contributed by atoms with Crippen molar-refractivity contribution < 1.29 is 19.4 Å². The number of esters is 1. The van der Waals surface area contributed by atoms with Gasteiger partial charge in [0.2, 0.25) is 6.29 Å². The molecule has 120 valence electrons. The zero-order valence-electron chi connectivity index (χ0n) is 13.0. The number of aliphatic hydroxyl groups excluding tert-OH is 1. The molecule has 0 saturated carbocycles. The fraction of sp³-hybridized carbons (Fsp3) is 0.211. The molecule has 0 radical (unpaired) electrons. The summed E-state index contributed by atoms with van der Waals surface area (Å²) < 4.78 is 11.0. The molecule has 0 heterocycles. The normalized spacial score (nSPS) is 13.3. The second-order valence-corrected chi connectivity index (χ2v) is 5.09. The van der Waals surface area contributed by atoms with Gasteiger partial charge in [-0.2, -0.15) is 0 Å². The molecular weight excluding hydrogens is 292 g/mol. The number of rotatable bonds is 7. The van der Waals surface area contributed by atoms with Gasteiger partial charge in [0.05, 0.1) is 0 Å². The number of ether oxygens (including phenoxy) is 2. The second-order valence-electron chi connectivity index (χ2n) is 5.09. The van der Waals surface area contributed by atoms with Gasteiger partial charge in [-0.05, 0) is 18.1 Å². The van der Waals surface area contributed by atoms with E-state index in [4.69, 9.17) is 9.47 Å². The molecule has 2 aromatic rings. The first-order chi connectivity index (χ1) is 11.1. The van der Waals surface area contributed by atoms with Gasteiger partial charge in [0.25, 0.3) is 0 Å². The first-order valence-electron chi connectivity index (χ1n) is 7.38. The quantitative estimate of drug-likeness (QED) is 0.484. The average molecular weight is 312 g/mol. The highest BCUT2D eigenvalue weighted by Crippen LogP contribution is 2.28. The fourth-order valence-electron chi connectivity index (χ4n) is 2.14. The minimum absolute atomic E-state index is 0.463. The molecule has 0 aliphatic heterocycles. The summed E-state index contributed by atoms with van der Waals surface area (Å²) in [5.41, 5.74) is 1.80. The minimum atomic E-state index is -1.09. The van der Waals surface area contributed by atoms with Gasteiger partial charge in [0.15, 0.2) is 0 Å². The number of carbonyl (C=O) groups excluding carboxylic acids is 1. The smallest absolute Gasteiger partial charge is 0.332 e. The van der Waals surface area contributed by atoms with E-state index >= 15 is 0 Å². The number of hydrogen-bond donors (Lipinski definition) is 1. The lowest BCUT2D eigenvalue weighted by atomic mass is 10.0. The van der Waals surface area contributed by atoms with Crippen molar-refractivity contribution in [3.05, 3.63) is 84.4 Å². The standard InChI is InChI=1S/C19H20O4/c1-3-17(21)22-19(14(2)20)23-18(15-10-6-4-7-11-15)16-12-8-5-9-13-16/h3-14,18-20H,1H2,2H3. The number of benzene rings is 2. The van der Waals surface area contributed by atoms with Crippen LogP contribution in [0.15, 0.2) is 73.3 Å². The maximum atomic E-state index is 11.4. The molecule has 0 aliphatic rings. The first kappa shape index (κ1) is 16.9. The Morgan fingerprint density at radius 3 is 1.91 bits per heavy atom. The van der Waals surface area contributed by atoms with Crippen LogP contribution in [-0.2, 0) is 14.3 Å². The molecule has 2 unspecified atom stereocenters. The van der Waals surface area contributed by atoms with Crippen LogP contribution in [0.4, 0.5) is 0 Å². The van der Waals surface area contributed by atoms with Crippen molar-refractivity contribution in [3.63, 3.8) is 0 Å². The molecule has 23 heavy (non-hydrogen) atoms. The largest absolute Gasteiger partial charge is 0.430 e. The van der Waals surface area contributed by atoms with Crippen molar-refractivity contribution in [3.8, 4) is 0 Å². The summed E-state index contributed by atoms with van der Waals surface area (Å²) in [5, 5.41) is 9.86. The third kappa shape index (κ3) is 4.77. The van der Waals surface area contributed by atoms with E-state index < -0.39 is 24.5 Å². The van der Waals surface area contributed by atoms with E-state index in [2.05, 4.69) is 6.58 Å². The van der Waals surface area contributed by atoms with Crippen LogP contribution in [-0.4, -0.2) is 23.5 Å². The fourth-order valence-corrected chi connectivity index (χ4v) is 2.14. The highest BCUT2D eigenvalue weighted by atomic mass is 16.7. The Balaban J connectivity index is 2.30. The number of aliphatic hydroxyl groups is 1. The van der Waals surface area contributed by atoms with Crippen molar-refractivity contribution in [1.82, 2.24) is 0 Å². The summed E-state index contributed by atoms with van der Waals surface area (Å²) in [5.74, 6) is -0.643. The summed E-state index contributed by atoms with van der Waals surface area (Å²) in [6.45, 7) is 4.86. The van der Waals surface area contributed by atoms with E-state index in [9.17, 15) is 9.90 Å². The molecule has 0 saturated heterocycles. The summed E-state index contributed by atoms with van der Waals surface area (Å²) in [7, 11) is 0. The second kappa shape index (κ2) is 8.27. The third-order valence-electron chi connectivity index (χ3n) is 3.27. The molecule has 4 heteroatoms. The lowest BCUT2D eigenvalue weighted by Crippen LogP contribution is -2.33. The van der Waals surface area contributed by atoms with Crippen molar-refractivity contribution >= 4 is 5.97 Å². The summed E-state index contributed by atoms with van der Waals surface area (Å²) in [6, 6.07) is 19.1. The van der Waals surface area contributed by atoms with Crippen molar-refractivity contribution in [2.45, 2.75) is 25.4 Å². The van der Waals surface area contributed by atoms with E-state index in [1.165, 1.54) is 6.92 Å². The molecule has 2 rings (SSSR count). The lowest BCUT2D eigenvalue weighted by molar-refractivity contribution is -0.206. The zero-order chi connectivity index (χ0) is 16.7.